The molecule has 2 rings (SSSR count). The summed E-state index contributed by atoms with van der Waals surface area (Å²) in [6.07, 6.45) is 1.07. The van der Waals surface area contributed by atoms with E-state index in [1.807, 2.05) is 11.6 Å². The number of halogens is 1. The fourth-order valence-corrected chi connectivity index (χ4v) is 3.31. The Balaban J connectivity index is 2.01. The molecule has 1 fully saturated rings. The van der Waals surface area contributed by atoms with Crippen molar-refractivity contribution in [2.45, 2.75) is 39.3 Å². The first kappa shape index (κ1) is 16.6. The van der Waals surface area contributed by atoms with Gasteiger partial charge >= 0.3 is 0 Å². The molecular weight excluding hydrogens is 332 g/mol. The summed E-state index contributed by atoms with van der Waals surface area (Å²) < 4.78 is 2.90. The molecule has 1 aromatic heterocycles. The van der Waals surface area contributed by atoms with Crippen LogP contribution in [0.2, 0.25) is 0 Å². The van der Waals surface area contributed by atoms with Crippen LogP contribution in [0.1, 0.15) is 24.7 Å². The van der Waals surface area contributed by atoms with E-state index in [0.717, 1.165) is 42.0 Å². The number of nitrogens with zero attached hydrogens (tertiary/aromatic N) is 4. The van der Waals surface area contributed by atoms with Crippen molar-refractivity contribution >= 4 is 21.7 Å². The van der Waals surface area contributed by atoms with Crippen molar-refractivity contribution in [3.05, 3.63) is 15.9 Å². The van der Waals surface area contributed by atoms with Gasteiger partial charge in [-0.2, -0.15) is 5.10 Å². The van der Waals surface area contributed by atoms with Crippen LogP contribution in [-0.4, -0.2) is 65.1 Å². The second kappa shape index (κ2) is 7.03. The number of hydrogen-bond acceptors (Lipinski definition) is 4. The van der Waals surface area contributed by atoms with E-state index in [2.05, 4.69) is 51.8 Å². The molecule has 0 spiro atoms. The SMILES string of the molecule is CCn1nc(C)c(Br)c1CC(=O)CC1CN(C)CCN1C. The number of aromatic nitrogens is 2. The molecule has 1 atom stereocenters. The van der Waals surface area contributed by atoms with E-state index in [0.29, 0.717) is 18.9 Å². The zero-order chi connectivity index (χ0) is 15.6. The minimum Gasteiger partial charge on any atom is -0.304 e. The first-order chi connectivity index (χ1) is 9.92. The zero-order valence-electron chi connectivity index (χ0n) is 13.4. The van der Waals surface area contributed by atoms with E-state index in [1.54, 1.807) is 0 Å². The lowest BCUT2D eigenvalue weighted by molar-refractivity contribution is -0.120. The molecule has 0 N–H and O–H groups in total. The summed E-state index contributed by atoms with van der Waals surface area (Å²) in [5.74, 6) is 0.289. The molecule has 118 valence electrons. The number of carbonyl (C=O) groups is 1. The number of likely N-dealkylation sites (N-methyl/N-ethyl adjacent to an activating group) is 2. The van der Waals surface area contributed by atoms with Crippen LogP contribution in [0.3, 0.4) is 0 Å². The molecular formula is C15H25BrN4O. The molecule has 2 heterocycles. The van der Waals surface area contributed by atoms with Crippen LogP contribution in [0.25, 0.3) is 0 Å². The summed E-state index contributed by atoms with van der Waals surface area (Å²) in [5, 5.41) is 4.45. The van der Waals surface area contributed by atoms with Crippen LogP contribution in [0, 0.1) is 6.92 Å². The minimum atomic E-state index is 0.289. The number of carbonyl (C=O) groups excluding carboxylic acids is 1. The van der Waals surface area contributed by atoms with E-state index in [9.17, 15) is 4.79 Å². The highest BCUT2D eigenvalue weighted by Gasteiger charge is 2.25. The van der Waals surface area contributed by atoms with Gasteiger partial charge in [-0.05, 0) is 43.9 Å². The highest BCUT2D eigenvalue weighted by atomic mass is 79.9. The van der Waals surface area contributed by atoms with Gasteiger partial charge in [-0.3, -0.25) is 9.48 Å². The summed E-state index contributed by atoms with van der Waals surface area (Å²) in [7, 11) is 4.23. The average molecular weight is 357 g/mol. The van der Waals surface area contributed by atoms with E-state index >= 15 is 0 Å². The van der Waals surface area contributed by atoms with Gasteiger partial charge in [0.15, 0.2) is 0 Å². The lowest BCUT2D eigenvalue weighted by Gasteiger charge is -2.37. The lowest BCUT2D eigenvalue weighted by atomic mass is 10.0. The van der Waals surface area contributed by atoms with Gasteiger partial charge in [0.1, 0.15) is 5.78 Å². The predicted molar refractivity (Wildman–Crippen MR) is 87.6 cm³/mol. The maximum Gasteiger partial charge on any atom is 0.140 e. The number of ketones is 1. The van der Waals surface area contributed by atoms with Crippen LogP contribution in [0.5, 0.6) is 0 Å². The Hall–Kier alpha value is -0.720. The van der Waals surface area contributed by atoms with Crippen LogP contribution < -0.4 is 0 Å². The van der Waals surface area contributed by atoms with Gasteiger partial charge in [0.05, 0.1) is 15.9 Å². The van der Waals surface area contributed by atoms with Crippen LogP contribution >= 0.6 is 15.9 Å². The van der Waals surface area contributed by atoms with Crippen molar-refractivity contribution in [1.82, 2.24) is 19.6 Å². The highest BCUT2D eigenvalue weighted by Crippen LogP contribution is 2.22. The molecule has 0 amide bonds. The third kappa shape index (κ3) is 3.93. The standard InChI is InChI=1S/C15H25BrN4O/c1-5-20-14(15(16)11(2)17-20)9-13(21)8-12-10-18(3)6-7-19(12)4/h12H,5-10H2,1-4H3. The number of aryl methyl sites for hydroxylation is 2. The Labute approximate surface area is 135 Å². The van der Waals surface area contributed by atoms with Crippen LogP contribution in [0.15, 0.2) is 4.47 Å². The fourth-order valence-electron chi connectivity index (χ4n) is 2.88. The maximum absolute atomic E-state index is 12.5. The summed E-state index contributed by atoms with van der Waals surface area (Å²) in [4.78, 5) is 17.1. The minimum absolute atomic E-state index is 0.289. The van der Waals surface area contributed by atoms with Gasteiger partial charge in [0.25, 0.3) is 0 Å². The number of hydrogen-bond donors (Lipinski definition) is 0. The molecule has 5 nitrogen and oxygen atoms in total. The summed E-state index contributed by atoms with van der Waals surface area (Å²) >= 11 is 3.56. The molecule has 0 bridgehead atoms. The van der Waals surface area contributed by atoms with Crippen LogP contribution in [0.4, 0.5) is 0 Å². The van der Waals surface area contributed by atoms with Crippen molar-refractivity contribution in [2.24, 2.45) is 0 Å². The van der Waals surface area contributed by atoms with E-state index in [4.69, 9.17) is 0 Å². The average Bonchev–Trinajstić information content (AvgIpc) is 2.70. The normalized spacial score (nSPS) is 20.9. The second-order valence-corrected chi connectivity index (χ2v) is 6.77. The topological polar surface area (TPSA) is 41.4 Å². The van der Waals surface area contributed by atoms with E-state index in [-0.39, 0.29) is 5.78 Å². The lowest BCUT2D eigenvalue weighted by Crippen LogP contribution is -2.50. The Kier molecular flexibility index (Phi) is 5.57. The molecule has 1 aliphatic rings. The van der Waals surface area contributed by atoms with Crippen molar-refractivity contribution in [1.29, 1.82) is 0 Å². The van der Waals surface area contributed by atoms with Gasteiger partial charge in [-0.1, -0.05) is 0 Å². The Morgan fingerprint density at radius 2 is 2.10 bits per heavy atom. The Morgan fingerprint density at radius 3 is 2.76 bits per heavy atom. The van der Waals surface area contributed by atoms with E-state index in [1.165, 1.54) is 0 Å². The van der Waals surface area contributed by atoms with Gasteiger partial charge in [0, 0.05) is 45.1 Å². The number of piperazine rings is 1. The van der Waals surface area contributed by atoms with Crippen molar-refractivity contribution in [3.63, 3.8) is 0 Å². The molecule has 1 unspecified atom stereocenters. The van der Waals surface area contributed by atoms with Gasteiger partial charge in [-0.15, -0.1) is 0 Å². The Morgan fingerprint density at radius 1 is 1.38 bits per heavy atom. The van der Waals surface area contributed by atoms with E-state index < -0.39 is 0 Å². The maximum atomic E-state index is 12.5. The summed E-state index contributed by atoms with van der Waals surface area (Å²) in [6, 6.07) is 0.328. The quantitative estimate of drug-likeness (QED) is 0.805. The molecule has 6 heteroatoms. The number of Topliss-reactive ketones (excluding diaryl/α,β-unsaturated/α-hetero) is 1. The predicted octanol–water partition coefficient (Wildman–Crippen LogP) is 1.72. The third-order valence-corrected chi connectivity index (χ3v) is 5.29. The highest BCUT2D eigenvalue weighted by molar-refractivity contribution is 9.10. The molecule has 1 saturated heterocycles. The fraction of sp³-hybridized carbons (Fsp3) is 0.733. The van der Waals surface area contributed by atoms with Gasteiger partial charge in [0.2, 0.25) is 0 Å². The first-order valence-corrected chi connectivity index (χ1v) is 8.34. The zero-order valence-corrected chi connectivity index (χ0v) is 15.0. The van der Waals surface area contributed by atoms with Crippen molar-refractivity contribution in [2.75, 3.05) is 33.7 Å². The Bertz CT molecular complexity index is 514. The molecule has 0 saturated carbocycles. The van der Waals surface area contributed by atoms with Crippen molar-refractivity contribution < 1.29 is 4.79 Å². The van der Waals surface area contributed by atoms with Crippen LogP contribution in [-0.2, 0) is 17.8 Å². The number of rotatable bonds is 5. The third-order valence-electron chi connectivity index (χ3n) is 4.26. The smallest absolute Gasteiger partial charge is 0.140 e. The largest absolute Gasteiger partial charge is 0.304 e. The molecule has 0 radical (unpaired) electrons. The second-order valence-electron chi connectivity index (χ2n) is 5.98. The van der Waals surface area contributed by atoms with Crippen molar-refractivity contribution in [3.8, 4) is 0 Å². The summed E-state index contributed by atoms with van der Waals surface area (Å²) in [5.41, 5.74) is 1.96. The molecule has 0 aliphatic carbocycles. The molecule has 1 aromatic rings. The molecule has 0 aromatic carbocycles. The summed E-state index contributed by atoms with van der Waals surface area (Å²) in [6.45, 7) is 7.89. The first-order valence-electron chi connectivity index (χ1n) is 7.54. The van der Waals surface area contributed by atoms with Gasteiger partial charge < -0.3 is 9.80 Å². The molecule has 21 heavy (non-hydrogen) atoms. The monoisotopic (exact) mass is 356 g/mol. The van der Waals surface area contributed by atoms with Gasteiger partial charge in [-0.25, -0.2) is 0 Å². The molecule has 1 aliphatic heterocycles.